The summed E-state index contributed by atoms with van der Waals surface area (Å²) in [5.74, 6) is 0. The maximum Gasteiger partial charge on any atom is 0.150 e. The van der Waals surface area contributed by atoms with Crippen molar-refractivity contribution in [3.63, 3.8) is 0 Å². The molecule has 10 heavy (non-hydrogen) atoms. The van der Waals surface area contributed by atoms with Gasteiger partial charge in [-0.2, -0.15) is 0 Å². The SMILES string of the molecule is COCOCOC(C)(C)C. The molecule has 0 spiro atoms. The predicted octanol–water partition coefficient (Wildman–Crippen LogP) is 1.38. The maximum atomic E-state index is 5.23. The van der Waals surface area contributed by atoms with Crippen LogP contribution < -0.4 is 0 Å². The van der Waals surface area contributed by atoms with E-state index in [-0.39, 0.29) is 19.2 Å². The Morgan fingerprint density at radius 1 is 1.10 bits per heavy atom. The highest BCUT2D eigenvalue weighted by molar-refractivity contribution is 4.56. The molecule has 0 N–H and O–H groups in total. The Kier molecular flexibility index (Phi) is 4.60. The number of hydrogen-bond donors (Lipinski definition) is 0. The first kappa shape index (κ1) is 9.88. The molecule has 0 unspecified atom stereocenters. The highest BCUT2D eigenvalue weighted by Gasteiger charge is 2.08. The number of ether oxygens (including phenoxy) is 3. The van der Waals surface area contributed by atoms with Gasteiger partial charge in [0.1, 0.15) is 13.6 Å². The van der Waals surface area contributed by atoms with Crippen molar-refractivity contribution in [2.75, 3.05) is 20.7 Å². The second-order valence-electron chi connectivity index (χ2n) is 2.99. The predicted molar refractivity (Wildman–Crippen MR) is 38.7 cm³/mol. The van der Waals surface area contributed by atoms with Gasteiger partial charge in [-0.15, -0.1) is 0 Å². The third-order valence-electron chi connectivity index (χ3n) is 0.776. The van der Waals surface area contributed by atoms with Gasteiger partial charge >= 0.3 is 0 Å². The van der Waals surface area contributed by atoms with Crippen LogP contribution in [0.25, 0.3) is 0 Å². The Balaban J connectivity index is 3.04. The van der Waals surface area contributed by atoms with Gasteiger partial charge in [0.25, 0.3) is 0 Å². The number of methoxy groups -OCH3 is 1. The summed E-state index contributed by atoms with van der Waals surface area (Å²) in [6.45, 7) is 6.50. The lowest BCUT2D eigenvalue weighted by Crippen LogP contribution is -2.21. The van der Waals surface area contributed by atoms with Crippen LogP contribution >= 0.6 is 0 Å². The molecule has 0 saturated heterocycles. The average Bonchev–Trinajstić information content (AvgIpc) is 1.78. The summed E-state index contributed by atoms with van der Waals surface area (Å²) < 4.78 is 14.8. The topological polar surface area (TPSA) is 27.7 Å². The summed E-state index contributed by atoms with van der Waals surface area (Å²) in [4.78, 5) is 0. The van der Waals surface area contributed by atoms with Crippen LogP contribution in [-0.2, 0) is 14.2 Å². The van der Waals surface area contributed by atoms with Crippen molar-refractivity contribution in [1.29, 1.82) is 0 Å². The van der Waals surface area contributed by atoms with Crippen molar-refractivity contribution in [2.45, 2.75) is 26.4 Å². The molecule has 3 heteroatoms. The van der Waals surface area contributed by atoms with E-state index in [0.717, 1.165) is 0 Å². The van der Waals surface area contributed by atoms with Crippen molar-refractivity contribution in [1.82, 2.24) is 0 Å². The van der Waals surface area contributed by atoms with Crippen LogP contribution in [0.4, 0.5) is 0 Å². The van der Waals surface area contributed by atoms with Gasteiger partial charge in [0.15, 0.2) is 0 Å². The quantitative estimate of drug-likeness (QED) is 0.445. The molecule has 0 rings (SSSR count). The van der Waals surface area contributed by atoms with Crippen LogP contribution in [0.15, 0.2) is 0 Å². The molecule has 0 aromatic heterocycles. The van der Waals surface area contributed by atoms with Crippen LogP contribution in [0.5, 0.6) is 0 Å². The van der Waals surface area contributed by atoms with Crippen molar-refractivity contribution in [3.8, 4) is 0 Å². The first-order valence-corrected chi connectivity index (χ1v) is 3.27. The third kappa shape index (κ3) is 7.88. The molecule has 0 heterocycles. The van der Waals surface area contributed by atoms with Crippen molar-refractivity contribution in [3.05, 3.63) is 0 Å². The lowest BCUT2D eigenvalue weighted by atomic mass is 10.2. The Bertz CT molecular complexity index is 75.4. The smallest absolute Gasteiger partial charge is 0.150 e. The van der Waals surface area contributed by atoms with Crippen molar-refractivity contribution >= 4 is 0 Å². The van der Waals surface area contributed by atoms with Gasteiger partial charge in [0, 0.05) is 7.11 Å². The monoisotopic (exact) mass is 148 g/mol. The Morgan fingerprint density at radius 3 is 2.10 bits per heavy atom. The first-order chi connectivity index (χ1) is 4.56. The van der Waals surface area contributed by atoms with E-state index in [9.17, 15) is 0 Å². The van der Waals surface area contributed by atoms with Crippen LogP contribution in [0.2, 0.25) is 0 Å². The Labute approximate surface area is 62.3 Å². The van der Waals surface area contributed by atoms with E-state index in [1.165, 1.54) is 0 Å². The van der Waals surface area contributed by atoms with Crippen LogP contribution in [0.3, 0.4) is 0 Å². The average molecular weight is 148 g/mol. The lowest BCUT2D eigenvalue weighted by Gasteiger charge is -2.18. The summed E-state index contributed by atoms with van der Waals surface area (Å²) in [5.41, 5.74) is -0.131. The lowest BCUT2D eigenvalue weighted by molar-refractivity contribution is -0.160. The van der Waals surface area contributed by atoms with Gasteiger partial charge in [-0.3, -0.25) is 0 Å². The standard InChI is InChI=1S/C7H16O3/c1-7(2,3)10-6-9-5-8-4/h5-6H2,1-4H3. The zero-order valence-corrected chi connectivity index (χ0v) is 7.14. The molecule has 0 aliphatic heterocycles. The first-order valence-electron chi connectivity index (χ1n) is 3.27. The van der Waals surface area contributed by atoms with Gasteiger partial charge < -0.3 is 14.2 Å². The summed E-state index contributed by atoms with van der Waals surface area (Å²) in [7, 11) is 1.58. The van der Waals surface area contributed by atoms with Gasteiger partial charge in [-0.1, -0.05) is 0 Å². The fourth-order valence-electron chi connectivity index (χ4n) is 0.336. The van der Waals surface area contributed by atoms with Gasteiger partial charge in [-0.25, -0.2) is 0 Å². The molecule has 0 radical (unpaired) electrons. The molecule has 3 nitrogen and oxygen atoms in total. The molecule has 0 aromatic carbocycles. The van der Waals surface area contributed by atoms with E-state index >= 15 is 0 Å². The number of rotatable bonds is 4. The summed E-state index contributed by atoms with van der Waals surface area (Å²) in [6, 6.07) is 0. The molecule has 0 aliphatic carbocycles. The molecule has 0 aliphatic rings. The van der Waals surface area contributed by atoms with Gasteiger partial charge in [-0.05, 0) is 20.8 Å². The van der Waals surface area contributed by atoms with Gasteiger partial charge in [0.05, 0.1) is 5.60 Å². The van der Waals surface area contributed by atoms with E-state index in [1.807, 2.05) is 20.8 Å². The minimum atomic E-state index is -0.131. The fourth-order valence-corrected chi connectivity index (χ4v) is 0.336. The zero-order chi connectivity index (χ0) is 8.04. The zero-order valence-electron chi connectivity index (χ0n) is 7.14. The second-order valence-corrected chi connectivity index (χ2v) is 2.99. The molecule has 0 saturated carbocycles. The van der Waals surface area contributed by atoms with E-state index in [4.69, 9.17) is 9.47 Å². The highest BCUT2D eigenvalue weighted by atomic mass is 16.7. The molecule has 0 fully saturated rings. The van der Waals surface area contributed by atoms with Crippen molar-refractivity contribution < 1.29 is 14.2 Å². The van der Waals surface area contributed by atoms with E-state index in [2.05, 4.69) is 4.74 Å². The second kappa shape index (κ2) is 4.66. The van der Waals surface area contributed by atoms with E-state index < -0.39 is 0 Å². The Morgan fingerprint density at radius 2 is 1.70 bits per heavy atom. The van der Waals surface area contributed by atoms with Crippen LogP contribution in [0.1, 0.15) is 20.8 Å². The summed E-state index contributed by atoms with van der Waals surface area (Å²) >= 11 is 0. The minimum absolute atomic E-state index is 0.131. The molecule has 0 bridgehead atoms. The molecule has 0 aromatic rings. The van der Waals surface area contributed by atoms with Crippen molar-refractivity contribution in [2.24, 2.45) is 0 Å². The van der Waals surface area contributed by atoms with Crippen LogP contribution in [0, 0.1) is 0 Å². The highest BCUT2D eigenvalue weighted by Crippen LogP contribution is 2.05. The molecule has 62 valence electrons. The third-order valence-corrected chi connectivity index (χ3v) is 0.776. The number of hydrogen-bond acceptors (Lipinski definition) is 3. The van der Waals surface area contributed by atoms with Crippen LogP contribution in [-0.4, -0.2) is 26.3 Å². The summed E-state index contributed by atoms with van der Waals surface area (Å²) in [6.07, 6.45) is 0. The normalized spacial score (nSPS) is 12.0. The molecular formula is C7H16O3. The molecule has 0 atom stereocenters. The fraction of sp³-hybridized carbons (Fsp3) is 1.00. The molecule has 0 amide bonds. The summed E-state index contributed by atoms with van der Waals surface area (Å²) in [5, 5.41) is 0. The van der Waals surface area contributed by atoms with Gasteiger partial charge in [0.2, 0.25) is 0 Å². The van der Waals surface area contributed by atoms with E-state index in [1.54, 1.807) is 7.11 Å². The molecular weight excluding hydrogens is 132 g/mol. The maximum absolute atomic E-state index is 5.23. The Hall–Kier alpha value is -0.120. The van der Waals surface area contributed by atoms with E-state index in [0.29, 0.717) is 0 Å². The largest absolute Gasteiger partial charge is 0.359 e. The minimum Gasteiger partial charge on any atom is -0.359 e.